The van der Waals surface area contributed by atoms with E-state index in [2.05, 4.69) is 9.72 Å². The molecule has 0 fully saturated rings. The number of halogens is 3. The summed E-state index contributed by atoms with van der Waals surface area (Å²) in [4.78, 5) is 15.9. The molecule has 4 nitrogen and oxygen atoms in total. The van der Waals surface area contributed by atoms with Crippen LogP contribution < -0.4 is 10.5 Å². The Hall–Kier alpha value is -2.57. The molecule has 0 radical (unpaired) electrons. The van der Waals surface area contributed by atoms with Gasteiger partial charge in [0.2, 0.25) is 0 Å². The van der Waals surface area contributed by atoms with Gasteiger partial charge in [0.05, 0.1) is 5.69 Å². The molecular formula is C14H11F3N2O2. The number of nitrogen functional groups attached to an aromatic ring is 1. The van der Waals surface area contributed by atoms with Crippen LogP contribution >= 0.6 is 0 Å². The van der Waals surface area contributed by atoms with Crippen LogP contribution in [0.5, 0.6) is 5.75 Å². The molecule has 0 unspecified atom stereocenters. The van der Waals surface area contributed by atoms with Crippen molar-refractivity contribution in [2.24, 2.45) is 0 Å². The van der Waals surface area contributed by atoms with Crippen molar-refractivity contribution < 1.29 is 22.7 Å². The molecule has 0 amide bonds. The highest BCUT2D eigenvalue weighted by molar-refractivity contribution is 5.99. The predicted octanol–water partition coefficient (Wildman–Crippen LogP) is 2.99. The number of benzene rings is 1. The number of nitrogens with zero attached hydrogens (tertiary/aromatic N) is 1. The lowest BCUT2D eigenvalue weighted by atomic mass is 10.1. The molecule has 2 N–H and O–H groups in total. The minimum atomic E-state index is -4.74. The lowest BCUT2D eigenvalue weighted by Crippen LogP contribution is -2.17. The van der Waals surface area contributed by atoms with Crippen molar-refractivity contribution in [3.05, 3.63) is 53.9 Å². The molecule has 0 spiro atoms. The lowest BCUT2D eigenvalue weighted by Gasteiger charge is -2.09. The Morgan fingerprint density at radius 2 is 1.86 bits per heavy atom. The van der Waals surface area contributed by atoms with Crippen LogP contribution in [0.4, 0.5) is 18.9 Å². The number of pyridine rings is 1. The van der Waals surface area contributed by atoms with E-state index in [1.807, 2.05) is 0 Å². The minimum absolute atomic E-state index is 0.00644. The molecule has 1 aromatic carbocycles. The zero-order valence-electron chi connectivity index (χ0n) is 10.7. The summed E-state index contributed by atoms with van der Waals surface area (Å²) in [6.07, 6.45) is -3.29. The summed E-state index contributed by atoms with van der Waals surface area (Å²) in [6, 6.07) is 8.24. The zero-order chi connectivity index (χ0) is 15.5. The van der Waals surface area contributed by atoms with Crippen LogP contribution in [0, 0.1) is 0 Å². The smallest absolute Gasteiger partial charge is 0.406 e. The molecule has 1 heterocycles. The summed E-state index contributed by atoms with van der Waals surface area (Å²) < 4.78 is 39.8. The van der Waals surface area contributed by atoms with Gasteiger partial charge < -0.3 is 10.5 Å². The van der Waals surface area contributed by atoms with Gasteiger partial charge in [-0.1, -0.05) is 12.1 Å². The van der Waals surface area contributed by atoms with Gasteiger partial charge in [0.25, 0.3) is 0 Å². The van der Waals surface area contributed by atoms with Crippen molar-refractivity contribution >= 4 is 11.5 Å². The molecule has 0 saturated carbocycles. The van der Waals surface area contributed by atoms with Gasteiger partial charge in [0.1, 0.15) is 11.4 Å². The Labute approximate surface area is 118 Å². The van der Waals surface area contributed by atoms with Crippen LogP contribution in [0.25, 0.3) is 0 Å². The molecule has 2 aromatic rings. The van der Waals surface area contributed by atoms with E-state index < -0.39 is 6.36 Å². The number of ketones is 1. The summed E-state index contributed by atoms with van der Waals surface area (Å²) >= 11 is 0. The standard InChI is InChI=1S/C14H11F3N2O2/c15-14(16,17)21-10-5-3-9(4-6-10)8-12(20)13-11(18)2-1-7-19-13/h1-7H,8,18H2. The van der Waals surface area contributed by atoms with Crippen LogP contribution in [0.1, 0.15) is 16.1 Å². The summed E-state index contributed by atoms with van der Waals surface area (Å²) in [5.74, 6) is -0.645. The predicted molar refractivity (Wildman–Crippen MR) is 69.8 cm³/mol. The van der Waals surface area contributed by atoms with Gasteiger partial charge in [-0.3, -0.25) is 9.78 Å². The maximum absolute atomic E-state index is 12.0. The summed E-state index contributed by atoms with van der Waals surface area (Å²) in [6.45, 7) is 0. The number of rotatable bonds is 4. The number of Topliss-reactive ketones (excluding diaryl/α,β-unsaturated/α-hetero) is 1. The third-order valence-corrected chi connectivity index (χ3v) is 2.62. The van der Waals surface area contributed by atoms with E-state index in [1.54, 1.807) is 12.1 Å². The number of hydrogen-bond acceptors (Lipinski definition) is 4. The SMILES string of the molecule is Nc1cccnc1C(=O)Cc1ccc(OC(F)(F)F)cc1. The van der Waals surface area contributed by atoms with Gasteiger partial charge in [-0.2, -0.15) is 0 Å². The zero-order valence-corrected chi connectivity index (χ0v) is 10.7. The Bertz CT molecular complexity index is 639. The minimum Gasteiger partial charge on any atom is -0.406 e. The van der Waals surface area contributed by atoms with Gasteiger partial charge in [-0.15, -0.1) is 13.2 Å². The lowest BCUT2D eigenvalue weighted by molar-refractivity contribution is -0.274. The highest BCUT2D eigenvalue weighted by Crippen LogP contribution is 2.23. The number of carbonyl (C=O) groups is 1. The van der Waals surface area contributed by atoms with Gasteiger partial charge in [0, 0.05) is 12.6 Å². The maximum atomic E-state index is 12.0. The number of hydrogen-bond donors (Lipinski definition) is 1. The Balaban J connectivity index is 2.07. The number of alkyl halides is 3. The second kappa shape index (κ2) is 5.82. The fourth-order valence-corrected chi connectivity index (χ4v) is 1.73. The second-order valence-corrected chi connectivity index (χ2v) is 4.23. The van der Waals surface area contributed by atoms with Crippen LogP contribution in [-0.4, -0.2) is 17.1 Å². The van der Waals surface area contributed by atoms with E-state index in [0.29, 0.717) is 5.56 Å². The third-order valence-electron chi connectivity index (χ3n) is 2.62. The molecule has 0 atom stereocenters. The summed E-state index contributed by atoms with van der Waals surface area (Å²) in [5, 5.41) is 0. The third kappa shape index (κ3) is 4.20. The Kier molecular flexibility index (Phi) is 4.11. The van der Waals surface area contributed by atoms with E-state index in [1.165, 1.54) is 18.3 Å². The second-order valence-electron chi connectivity index (χ2n) is 4.23. The summed E-state index contributed by atoms with van der Waals surface area (Å²) in [5.41, 5.74) is 6.59. The normalized spacial score (nSPS) is 11.2. The quantitative estimate of drug-likeness (QED) is 0.881. The first kappa shape index (κ1) is 14.8. The van der Waals surface area contributed by atoms with Crippen molar-refractivity contribution in [3.8, 4) is 5.75 Å². The fourth-order valence-electron chi connectivity index (χ4n) is 1.73. The van der Waals surface area contributed by atoms with E-state index in [-0.39, 0.29) is 29.3 Å². The number of nitrogens with two attached hydrogens (primary N) is 1. The topological polar surface area (TPSA) is 65.2 Å². The highest BCUT2D eigenvalue weighted by atomic mass is 19.4. The molecular weight excluding hydrogens is 285 g/mol. The van der Waals surface area contributed by atoms with E-state index in [4.69, 9.17) is 5.73 Å². The Morgan fingerprint density at radius 1 is 1.19 bits per heavy atom. The number of aromatic nitrogens is 1. The molecule has 21 heavy (non-hydrogen) atoms. The molecule has 7 heteroatoms. The van der Waals surface area contributed by atoms with Crippen molar-refractivity contribution in [3.63, 3.8) is 0 Å². The van der Waals surface area contributed by atoms with Gasteiger partial charge in [-0.25, -0.2) is 0 Å². The van der Waals surface area contributed by atoms with Crippen molar-refractivity contribution in [1.82, 2.24) is 4.98 Å². The fraction of sp³-hybridized carbons (Fsp3) is 0.143. The van der Waals surface area contributed by atoms with Crippen LogP contribution in [-0.2, 0) is 6.42 Å². The molecule has 0 aliphatic carbocycles. The van der Waals surface area contributed by atoms with E-state index in [0.717, 1.165) is 12.1 Å². The average Bonchev–Trinajstić information content (AvgIpc) is 2.40. The van der Waals surface area contributed by atoms with Crippen molar-refractivity contribution in [2.45, 2.75) is 12.8 Å². The molecule has 110 valence electrons. The monoisotopic (exact) mass is 296 g/mol. The largest absolute Gasteiger partial charge is 0.573 e. The highest BCUT2D eigenvalue weighted by Gasteiger charge is 2.30. The number of ether oxygens (including phenoxy) is 1. The molecule has 0 bridgehead atoms. The van der Waals surface area contributed by atoms with Crippen molar-refractivity contribution in [2.75, 3.05) is 5.73 Å². The maximum Gasteiger partial charge on any atom is 0.573 e. The molecule has 2 rings (SSSR count). The first-order valence-electron chi connectivity index (χ1n) is 5.93. The van der Waals surface area contributed by atoms with Crippen LogP contribution in [0.15, 0.2) is 42.6 Å². The van der Waals surface area contributed by atoms with Gasteiger partial charge in [0.15, 0.2) is 5.78 Å². The van der Waals surface area contributed by atoms with Crippen molar-refractivity contribution in [1.29, 1.82) is 0 Å². The molecule has 1 aromatic heterocycles. The first-order chi connectivity index (χ1) is 9.85. The van der Waals surface area contributed by atoms with Crippen LogP contribution in [0.3, 0.4) is 0 Å². The van der Waals surface area contributed by atoms with Crippen LogP contribution in [0.2, 0.25) is 0 Å². The average molecular weight is 296 g/mol. The van der Waals surface area contributed by atoms with E-state index >= 15 is 0 Å². The first-order valence-corrected chi connectivity index (χ1v) is 5.93. The number of anilines is 1. The summed E-state index contributed by atoms with van der Waals surface area (Å²) in [7, 11) is 0. The molecule has 0 aliphatic heterocycles. The van der Waals surface area contributed by atoms with Gasteiger partial charge >= 0.3 is 6.36 Å². The molecule has 0 saturated heterocycles. The number of carbonyl (C=O) groups excluding carboxylic acids is 1. The van der Waals surface area contributed by atoms with E-state index in [9.17, 15) is 18.0 Å². The Morgan fingerprint density at radius 3 is 2.43 bits per heavy atom. The van der Waals surface area contributed by atoms with Gasteiger partial charge in [-0.05, 0) is 29.8 Å². The molecule has 0 aliphatic rings.